The van der Waals surface area contributed by atoms with Crippen LogP contribution in [0, 0.1) is 0 Å². The molecule has 0 N–H and O–H groups in total. The predicted octanol–water partition coefficient (Wildman–Crippen LogP) is 4.90. The minimum absolute atomic E-state index is 0.101. The summed E-state index contributed by atoms with van der Waals surface area (Å²) in [6.45, 7) is 10.3. The molecule has 1 atom stereocenters. The highest BCUT2D eigenvalue weighted by Gasteiger charge is 2.64. The lowest BCUT2D eigenvalue weighted by molar-refractivity contribution is -0.124. The lowest BCUT2D eigenvalue weighted by Gasteiger charge is -2.40. The van der Waals surface area contributed by atoms with E-state index in [9.17, 15) is 14.4 Å². The summed E-state index contributed by atoms with van der Waals surface area (Å²) in [5.74, 6) is -0.431. The van der Waals surface area contributed by atoms with E-state index in [4.69, 9.17) is 4.74 Å². The molecule has 0 aromatic heterocycles. The highest BCUT2D eigenvalue weighted by atomic mass is 32.2. The van der Waals surface area contributed by atoms with Crippen molar-refractivity contribution in [1.29, 1.82) is 0 Å². The molecule has 0 saturated carbocycles. The number of aryl methyl sites for hydroxylation is 1. The monoisotopic (exact) mass is 476 g/mol. The van der Waals surface area contributed by atoms with E-state index in [1.165, 1.54) is 11.8 Å². The molecule has 2 aromatic carbocycles. The highest BCUT2D eigenvalue weighted by Crippen LogP contribution is 2.60. The van der Waals surface area contributed by atoms with Crippen molar-refractivity contribution in [3.05, 3.63) is 64.7 Å². The minimum Gasteiger partial charge on any atom is -0.462 e. The number of hydrogen-bond donors (Lipinski definition) is 0. The summed E-state index contributed by atoms with van der Waals surface area (Å²) in [4.78, 5) is 42.1. The summed E-state index contributed by atoms with van der Waals surface area (Å²) in [5, 5.41) is 0. The fourth-order valence-electron chi connectivity index (χ4n) is 5.40. The van der Waals surface area contributed by atoms with Gasteiger partial charge in [0.15, 0.2) is 0 Å². The fourth-order valence-corrected chi connectivity index (χ4v) is 6.73. The van der Waals surface area contributed by atoms with Gasteiger partial charge >= 0.3 is 5.97 Å². The molecule has 1 fully saturated rings. The molecule has 0 aliphatic carbocycles. The van der Waals surface area contributed by atoms with Crippen LogP contribution in [0.2, 0.25) is 0 Å². The van der Waals surface area contributed by atoms with Crippen LogP contribution in [0.15, 0.2) is 42.5 Å². The van der Waals surface area contributed by atoms with Gasteiger partial charge in [-0.05, 0) is 81.7 Å². The Hall–Kier alpha value is -3.06. The van der Waals surface area contributed by atoms with E-state index in [1.807, 2.05) is 18.7 Å². The number of thioether (sulfide) groups is 1. The molecule has 1 spiro atoms. The van der Waals surface area contributed by atoms with Crippen LogP contribution >= 0.6 is 11.8 Å². The van der Waals surface area contributed by atoms with Crippen molar-refractivity contribution < 1.29 is 19.1 Å². The quantitative estimate of drug-likeness (QED) is 0.587. The van der Waals surface area contributed by atoms with Gasteiger partial charge in [0.05, 0.1) is 29.1 Å². The first-order valence-corrected chi connectivity index (χ1v) is 12.6. The molecule has 1 saturated heterocycles. The number of rotatable bonds is 4. The number of nitrogens with zero attached hydrogens (tertiary/aromatic N) is 2. The van der Waals surface area contributed by atoms with Crippen LogP contribution in [0.1, 0.15) is 61.7 Å². The Morgan fingerprint density at radius 2 is 1.79 bits per heavy atom. The molecule has 3 aliphatic heterocycles. The maximum absolute atomic E-state index is 14.3. The second-order valence-corrected chi connectivity index (χ2v) is 10.6. The average molecular weight is 477 g/mol. The Bertz CT molecular complexity index is 1260. The summed E-state index contributed by atoms with van der Waals surface area (Å²) in [7, 11) is 0. The topological polar surface area (TPSA) is 66.9 Å². The molecule has 6 nitrogen and oxygen atoms in total. The third-order valence-corrected chi connectivity index (χ3v) is 8.22. The second kappa shape index (κ2) is 7.73. The van der Waals surface area contributed by atoms with Crippen LogP contribution in [0.5, 0.6) is 0 Å². The molecule has 2 amide bonds. The largest absolute Gasteiger partial charge is 0.462 e. The number of ether oxygens (including phenoxy) is 1. The van der Waals surface area contributed by atoms with Gasteiger partial charge in [0.1, 0.15) is 0 Å². The first-order chi connectivity index (χ1) is 16.2. The Morgan fingerprint density at radius 3 is 2.44 bits per heavy atom. The Morgan fingerprint density at radius 1 is 1.09 bits per heavy atom. The van der Waals surface area contributed by atoms with Crippen molar-refractivity contribution in [3.63, 3.8) is 0 Å². The van der Waals surface area contributed by atoms with E-state index in [0.717, 1.165) is 34.4 Å². The van der Waals surface area contributed by atoms with Crippen LogP contribution in [-0.4, -0.2) is 35.7 Å². The zero-order chi connectivity index (χ0) is 24.4. The fraction of sp³-hybridized carbons (Fsp3) is 0.370. The molecule has 3 heterocycles. The highest BCUT2D eigenvalue weighted by molar-refractivity contribution is 8.02. The maximum Gasteiger partial charge on any atom is 0.338 e. The zero-order valence-electron chi connectivity index (χ0n) is 20.1. The van der Waals surface area contributed by atoms with Crippen molar-refractivity contribution in [1.82, 2.24) is 0 Å². The van der Waals surface area contributed by atoms with Gasteiger partial charge in [-0.1, -0.05) is 13.0 Å². The number of carbonyl (C=O) groups is 3. The van der Waals surface area contributed by atoms with Gasteiger partial charge < -0.3 is 4.74 Å². The van der Waals surface area contributed by atoms with E-state index < -0.39 is 16.4 Å². The van der Waals surface area contributed by atoms with Gasteiger partial charge in [-0.2, -0.15) is 0 Å². The normalized spacial score (nSPS) is 22.3. The zero-order valence-corrected chi connectivity index (χ0v) is 20.9. The van der Waals surface area contributed by atoms with Crippen molar-refractivity contribution >= 4 is 46.5 Å². The molecule has 3 aliphatic rings. The smallest absolute Gasteiger partial charge is 0.338 e. The average Bonchev–Trinajstić information content (AvgIpc) is 3.28. The van der Waals surface area contributed by atoms with Crippen molar-refractivity contribution in [2.75, 3.05) is 22.2 Å². The number of esters is 1. The SMILES string of the molecule is CCOC(=O)c1ccc(N2C(=O)CSC23C(=O)N2c4c(cc(CC)cc43)C(C)=CC2(C)C)cc1. The van der Waals surface area contributed by atoms with Crippen LogP contribution < -0.4 is 9.80 Å². The van der Waals surface area contributed by atoms with Gasteiger partial charge in [0, 0.05) is 16.8 Å². The molecule has 5 rings (SSSR count). The Labute approximate surface area is 203 Å². The standard InChI is InChI=1S/C27H28N2O4S/c1-6-17-12-20-16(3)14-26(4,5)29-23(20)21(13-17)27(25(29)32)28(22(30)15-34-27)19-10-8-18(9-11-19)24(31)33-7-2/h8-14H,6-7,15H2,1-5H3. The van der Waals surface area contributed by atoms with Gasteiger partial charge in [0.2, 0.25) is 10.8 Å². The van der Waals surface area contributed by atoms with Crippen molar-refractivity contribution in [3.8, 4) is 0 Å². The molecule has 7 heteroatoms. The number of amides is 2. The molecule has 0 radical (unpaired) electrons. The Balaban J connectivity index is 1.71. The number of anilines is 2. The van der Waals surface area contributed by atoms with E-state index in [2.05, 4.69) is 32.1 Å². The molecule has 34 heavy (non-hydrogen) atoms. The van der Waals surface area contributed by atoms with Gasteiger partial charge in [0.25, 0.3) is 5.91 Å². The molecular formula is C27H28N2O4S. The van der Waals surface area contributed by atoms with Crippen LogP contribution in [0.4, 0.5) is 11.4 Å². The number of carbonyl (C=O) groups excluding carboxylic acids is 3. The maximum atomic E-state index is 14.3. The van der Waals surface area contributed by atoms with E-state index in [1.54, 1.807) is 36.1 Å². The molecule has 0 bridgehead atoms. The lowest BCUT2D eigenvalue weighted by Crippen LogP contribution is -2.54. The summed E-state index contributed by atoms with van der Waals surface area (Å²) in [6, 6.07) is 11.0. The van der Waals surface area contributed by atoms with Crippen LogP contribution in [0.25, 0.3) is 5.57 Å². The summed E-state index contributed by atoms with van der Waals surface area (Å²) < 4.78 is 5.09. The van der Waals surface area contributed by atoms with Gasteiger partial charge in [-0.15, -0.1) is 11.8 Å². The van der Waals surface area contributed by atoms with E-state index in [-0.39, 0.29) is 24.2 Å². The molecule has 2 aromatic rings. The van der Waals surface area contributed by atoms with Gasteiger partial charge in [-0.3, -0.25) is 19.4 Å². The van der Waals surface area contributed by atoms with Crippen LogP contribution in [-0.2, 0) is 25.6 Å². The number of allylic oxidation sites excluding steroid dienone is 1. The first-order valence-electron chi connectivity index (χ1n) is 11.6. The molecule has 176 valence electrons. The van der Waals surface area contributed by atoms with Gasteiger partial charge in [-0.25, -0.2) is 4.79 Å². The lowest BCUT2D eigenvalue weighted by atomic mass is 9.87. The summed E-state index contributed by atoms with van der Waals surface area (Å²) in [6.07, 6.45) is 2.96. The second-order valence-electron chi connectivity index (χ2n) is 9.44. The summed E-state index contributed by atoms with van der Waals surface area (Å²) >= 11 is 1.38. The number of fused-ring (bicyclic) bond motifs is 1. The van der Waals surface area contributed by atoms with Crippen molar-refractivity contribution in [2.45, 2.75) is 51.4 Å². The summed E-state index contributed by atoms with van der Waals surface area (Å²) in [5.41, 5.74) is 5.58. The van der Waals surface area contributed by atoms with E-state index >= 15 is 0 Å². The third kappa shape index (κ3) is 2.99. The third-order valence-electron chi connectivity index (χ3n) is 6.84. The number of hydrogen-bond acceptors (Lipinski definition) is 5. The first kappa shape index (κ1) is 22.7. The molecular weight excluding hydrogens is 448 g/mol. The van der Waals surface area contributed by atoms with Crippen LogP contribution in [0.3, 0.4) is 0 Å². The number of benzene rings is 2. The minimum atomic E-state index is -1.17. The Kier molecular flexibility index (Phi) is 5.17. The molecule has 1 unspecified atom stereocenters. The van der Waals surface area contributed by atoms with E-state index in [0.29, 0.717) is 11.3 Å². The predicted molar refractivity (Wildman–Crippen MR) is 135 cm³/mol. The van der Waals surface area contributed by atoms with Crippen molar-refractivity contribution in [2.24, 2.45) is 0 Å².